The van der Waals surface area contributed by atoms with Crippen molar-refractivity contribution in [3.05, 3.63) is 29.3 Å². The van der Waals surface area contributed by atoms with Crippen LogP contribution in [-0.4, -0.2) is 17.9 Å². The van der Waals surface area contributed by atoms with Crippen molar-refractivity contribution in [2.75, 3.05) is 5.32 Å². The van der Waals surface area contributed by atoms with Gasteiger partial charge in [0.15, 0.2) is 0 Å². The lowest BCUT2D eigenvalue weighted by molar-refractivity contribution is -0.119. The average molecular weight is 249 g/mol. The number of anilines is 1. The maximum absolute atomic E-state index is 11.8. The van der Waals surface area contributed by atoms with Gasteiger partial charge in [0.05, 0.1) is 5.92 Å². The fourth-order valence-electron chi connectivity index (χ4n) is 1.46. The van der Waals surface area contributed by atoms with Crippen molar-refractivity contribution in [3.8, 4) is 0 Å². The molecule has 98 valence electrons. The van der Waals surface area contributed by atoms with Crippen LogP contribution in [0.2, 0.25) is 0 Å². The Bertz CT molecular complexity index is 469. The number of carbonyl (C=O) groups excluding carboxylic acids is 2. The van der Waals surface area contributed by atoms with Gasteiger partial charge in [-0.15, -0.1) is 0 Å². The summed E-state index contributed by atoms with van der Waals surface area (Å²) < 4.78 is 0. The summed E-state index contributed by atoms with van der Waals surface area (Å²) in [5.41, 5.74) is 12.6. The van der Waals surface area contributed by atoms with Crippen molar-refractivity contribution in [1.82, 2.24) is 0 Å². The summed E-state index contributed by atoms with van der Waals surface area (Å²) >= 11 is 0. The summed E-state index contributed by atoms with van der Waals surface area (Å²) in [5.74, 6) is -0.989. The number of carbonyl (C=O) groups is 2. The monoisotopic (exact) mass is 249 g/mol. The van der Waals surface area contributed by atoms with E-state index in [1.807, 2.05) is 0 Å². The molecule has 0 aliphatic carbocycles. The van der Waals surface area contributed by atoms with Gasteiger partial charge in [-0.25, -0.2) is 0 Å². The van der Waals surface area contributed by atoms with E-state index < -0.39 is 5.91 Å². The Morgan fingerprint density at radius 2 is 1.89 bits per heavy atom. The Morgan fingerprint density at radius 3 is 2.39 bits per heavy atom. The Kier molecular flexibility index (Phi) is 4.44. The van der Waals surface area contributed by atoms with Crippen LogP contribution in [0.3, 0.4) is 0 Å². The molecule has 1 rings (SSSR count). The van der Waals surface area contributed by atoms with Crippen molar-refractivity contribution in [3.63, 3.8) is 0 Å². The lowest BCUT2D eigenvalue weighted by Crippen LogP contribution is -2.34. The van der Waals surface area contributed by atoms with Gasteiger partial charge >= 0.3 is 0 Å². The number of amides is 2. The zero-order valence-electron chi connectivity index (χ0n) is 10.9. The molecule has 5 N–H and O–H groups in total. The van der Waals surface area contributed by atoms with Crippen molar-refractivity contribution < 1.29 is 9.59 Å². The molecule has 0 spiro atoms. The summed E-state index contributed by atoms with van der Waals surface area (Å²) in [7, 11) is 0. The minimum Gasteiger partial charge on any atom is -0.366 e. The smallest absolute Gasteiger partial charge is 0.249 e. The minimum absolute atomic E-state index is 0.177. The van der Waals surface area contributed by atoms with Crippen LogP contribution < -0.4 is 16.8 Å². The number of benzene rings is 1. The number of primary amides is 1. The number of rotatable bonds is 4. The molecule has 0 aliphatic heterocycles. The van der Waals surface area contributed by atoms with Gasteiger partial charge in [0, 0.05) is 17.3 Å². The van der Waals surface area contributed by atoms with E-state index in [0.29, 0.717) is 11.3 Å². The highest BCUT2D eigenvalue weighted by molar-refractivity contribution is 5.98. The first kappa shape index (κ1) is 14.2. The van der Waals surface area contributed by atoms with Crippen molar-refractivity contribution >= 4 is 17.5 Å². The second kappa shape index (κ2) is 5.64. The predicted molar refractivity (Wildman–Crippen MR) is 71.1 cm³/mol. The first-order valence-electron chi connectivity index (χ1n) is 5.79. The molecule has 0 aromatic heterocycles. The molecule has 2 atom stereocenters. The molecule has 5 nitrogen and oxygen atoms in total. The normalized spacial score (nSPS) is 13.8. The highest BCUT2D eigenvalue weighted by atomic mass is 16.2. The van der Waals surface area contributed by atoms with Gasteiger partial charge in [0.25, 0.3) is 0 Å². The van der Waals surface area contributed by atoms with Gasteiger partial charge in [-0.05, 0) is 31.5 Å². The third kappa shape index (κ3) is 3.30. The second-order valence-electron chi connectivity index (χ2n) is 4.53. The largest absolute Gasteiger partial charge is 0.366 e. The number of nitrogens with two attached hydrogens (primary N) is 2. The number of nitrogens with one attached hydrogen (secondary N) is 1. The Hall–Kier alpha value is -1.88. The van der Waals surface area contributed by atoms with Crippen LogP contribution in [0, 0.1) is 12.8 Å². The van der Waals surface area contributed by atoms with Crippen molar-refractivity contribution in [1.29, 1.82) is 0 Å². The van der Waals surface area contributed by atoms with E-state index >= 15 is 0 Å². The van der Waals surface area contributed by atoms with Gasteiger partial charge in [0.1, 0.15) is 0 Å². The van der Waals surface area contributed by atoms with Crippen LogP contribution in [0.1, 0.15) is 29.8 Å². The molecule has 5 heteroatoms. The molecule has 1 aromatic rings. The third-order valence-corrected chi connectivity index (χ3v) is 2.97. The zero-order chi connectivity index (χ0) is 13.9. The molecular weight excluding hydrogens is 230 g/mol. The highest BCUT2D eigenvalue weighted by Crippen LogP contribution is 2.16. The van der Waals surface area contributed by atoms with Gasteiger partial charge in [-0.2, -0.15) is 0 Å². The van der Waals surface area contributed by atoms with Gasteiger partial charge in [0.2, 0.25) is 11.8 Å². The molecule has 0 saturated carbocycles. The molecule has 18 heavy (non-hydrogen) atoms. The molecule has 2 amide bonds. The molecule has 0 saturated heterocycles. The Labute approximate surface area is 107 Å². The second-order valence-corrected chi connectivity index (χ2v) is 4.53. The van der Waals surface area contributed by atoms with E-state index in [4.69, 9.17) is 11.5 Å². The first-order chi connectivity index (χ1) is 8.32. The fraction of sp³-hybridized carbons (Fsp3) is 0.385. The lowest BCUT2D eigenvalue weighted by atomic mass is 10.0. The Morgan fingerprint density at radius 1 is 1.28 bits per heavy atom. The number of aryl methyl sites for hydroxylation is 1. The van der Waals surface area contributed by atoms with E-state index in [0.717, 1.165) is 5.56 Å². The molecule has 1 aromatic carbocycles. The van der Waals surface area contributed by atoms with Crippen LogP contribution in [0.15, 0.2) is 18.2 Å². The summed E-state index contributed by atoms with van der Waals surface area (Å²) in [6.45, 7) is 5.31. The van der Waals surface area contributed by atoms with E-state index in [1.54, 1.807) is 39.0 Å². The average Bonchev–Trinajstić information content (AvgIpc) is 2.29. The van der Waals surface area contributed by atoms with Crippen molar-refractivity contribution in [2.45, 2.75) is 26.8 Å². The SMILES string of the molecule is Cc1ccc(NC(=O)C(C)C(C)N)cc1C(N)=O. The topological polar surface area (TPSA) is 98.2 Å². The molecule has 0 heterocycles. The summed E-state index contributed by atoms with van der Waals surface area (Å²) in [6.07, 6.45) is 0. The van der Waals surface area contributed by atoms with Crippen LogP contribution in [0.5, 0.6) is 0 Å². The third-order valence-electron chi connectivity index (χ3n) is 2.97. The van der Waals surface area contributed by atoms with E-state index in [2.05, 4.69) is 5.32 Å². The quantitative estimate of drug-likeness (QED) is 0.742. The molecule has 2 unspecified atom stereocenters. The molecule has 0 radical (unpaired) electrons. The summed E-state index contributed by atoms with van der Waals surface area (Å²) in [5, 5.41) is 2.72. The van der Waals surface area contributed by atoms with E-state index in [9.17, 15) is 9.59 Å². The predicted octanol–water partition coefficient (Wildman–Crippen LogP) is 1.02. The highest BCUT2D eigenvalue weighted by Gasteiger charge is 2.17. The van der Waals surface area contributed by atoms with Crippen LogP contribution in [0.25, 0.3) is 0 Å². The zero-order valence-corrected chi connectivity index (χ0v) is 10.9. The minimum atomic E-state index is -0.510. The standard InChI is InChI=1S/C13H19N3O2/c1-7-4-5-10(6-11(7)12(15)17)16-13(18)8(2)9(3)14/h4-6,8-9H,14H2,1-3H3,(H2,15,17)(H,16,18). The van der Waals surface area contributed by atoms with E-state index in [-0.39, 0.29) is 17.9 Å². The van der Waals surface area contributed by atoms with Crippen LogP contribution in [0.4, 0.5) is 5.69 Å². The molecular formula is C13H19N3O2. The molecule has 0 aliphatic rings. The summed E-state index contributed by atoms with van der Waals surface area (Å²) in [6, 6.07) is 4.81. The van der Waals surface area contributed by atoms with Crippen molar-refractivity contribution in [2.24, 2.45) is 17.4 Å². The Balaban J connectivity index is 2.89. The van der Waals surface area contributed by atoms with E-state index in [1.165, 1.54) is 0 Å². The first-order valence-corrected chi connectivity index (χ1v) is 5.79. The number of hydrogen-bond donors (Lipinski definition) is 3. The molecule has 0 bridgehead atoms. The molecule has 0 fully saturated rings. The number of hydrogen-bond acceptors (Lipinski definition) is 3. The van der Waals surface area contributed by atoms with Gasteiger partial charge < -0.3 is 16.8 Å². The fourth-order valence-corrected chi connectivity index (χ4v) is 1.46. The lowest BCUT2D eigenvalue weighted by Gasteiger charge is -2.16. The van der Waals surface area contributed by atoms with Crippen LogP contribution in [-0.2, 0) is 4.79 Å². The van der Waals surface area contributed by atoms with Gasteiger partial charge in [-0.3, -0.25) is 9.59 Å². The van der Waals surface area contributed by atoms with Crippen LogP contribution >= 0.6 is 0 Å². The maximum Gasteiger partial charge on any atom is 0.249 e. The van der Waals surface area contributed by atoms with Gasteiger partial charge in [-0.1, -0.05) is 13.0 Å². The maximum atomic E-state index is 11.8. The summed E-state index contributed by atoms with van der Waals surface area (Å²) in [4.78, 5) is 23.0.